The van der Waals surface area contributed by atoms with Crippen molar-refractivity contribution in [1.29, 1.82) is 0 Å². The summed E-state index contributed by atoms with van der Waals surface area (Å²) in [5.74, 6) is 1.53. The van der Waals surface area contributed by atoms with Crippen molar-refractivity contribution >= 4 is 21.8 Å². The molecule has 0 unspecified atom stereocenters. The zero-order valence-electron chi connectivity index (χ0n) is 12.6. The summed E-state index contributed by atoms with van der Waals surface area (Å²) in [6, 6.07) is 4.92. The Balaban J connectivity index is 1.87. The summed E-state index contributed by atoms with van der Waals surface area (Å²) in [7, 11) is -1.84. The Labute approximate surface area is 131 Å². The molecule has 1 aliphatic carbocycles. The van der Waals surface area contributed by atoms with Crippen molar-refractivity contribution in [1.82, 2.24) is 4.72 Å². The molecule has 118 valence electrons. The molecular formula is C15H23NO3S2. The molecule has 0 aromatic heterocycles. The summed E-state index contributed by atoms with van der Waals surface area (Å²) in [5, 5.41) is 0.720. The molecule has 0 amide bonds. The molecule has 1 aliphatic rings. The van der Waals surface area contributed by atoms with Gasteiger partial charge in [0.1, 0.15) is 5.75 Å². The van der Waals surface area contributed by atoms with Crippen LogP contribution >= 0.6 is 11.8 Å². The molecule has 2 rings (SSSR count). The molecule has 4 nitrogen and oxygen atoms in total. The first-order valence-corrected chi connectivity index (χ1v) is 9.82. The third-order valence-electron chi connectivity index (χ3n) is 3.73. The summed E-state index contributed by atoms with van der Waals surface area (Å²) >= 11 is 1.88. The first kappa shape index (κ1) is 16.6. The molecule has 0 aliphatic heterocycles. The molecule has 0 atom stereocenters. The van der Waals surface area contributed by atoms with E-state index >= 15 is 0 Å². The maximum atomic E-state index is 12.2. The zero-order valence-corrected chi connectivity index (χ0v) is 14.2. The van der Waals surface area contributed by atoms with E-state index in [2.05, 4.69) is 4.72 Å². The Hall–Kier alpha value is -0.720. The van der Waals surface area contributed by atoms with Crippen LogP contribution in [0, 0.1) is 6.92 Å². The lowest BCUT2D eigenvalue weighted by Gasteiger charge is -2.11. The Kier molecular flexibility index (Phi) is 5.96. The van der Waals surface area contributed by atoms with E-state index in [0.717, 1.165) is 16.6 Å². The Morgan fingerprint density at radius 3 is 2.67 bits per heavy atom. The van der Waals surface area contributed by atoms with Gasteiger partial charge in [-0.3, -0.25) is 0 Å². The number of methoxy groups -OCH3 is 1. The van der Waals surface area contributed by atoms with Crippen LogP contribution in [0.5, 0.6) is 5.75 Å². The number of sulfonamides is 1. The van der Waals surface area contributed by atoms with Gasteiger partial charge in [-0.1, -0.05) is 12.8 Å². The SMILES string of the molecule is COc1ccc(S(=O)(=O)NCCSC2CCCC2)cc1C. The lowest BCUT2D eigenvalue weighted by molar-refractivity contribution is 0.411. The molecule has 1 aromatic carbocycles. The molecule has 1 N–H and O–H groups in total. The molecule has 0 radical (unpaired) electrons. The molecule has 0 spiro atoms. The highest BCUT2D eigenvalue weighted by Gasteiger charge is 2.17. The second-order valence-corrected chi connectivity index (χ2v) is 8.48. The number of rotatable bonds is 7. The zero-order chi connectivity index (χ0) is 15.3. The minimum absolute atomic E-state index is 0.298. The molecular weight excluding hydrogens is 306 g/mol. The van der Waals surface area contributed by atoms with Gasteiger partial charge in [-0.2, -0.15) is 11.8 Å². The Morgan fingerprint density at radius 1 is 1.33 bits per heavy atom. The Bertz CT molecular complexity index is 566. The van der Waals surface area contributed by atoms with Gasteiger partial charge in [0.15, 0.2) is 0 Å². The van der Waals surface area contributed by atoms with Crippen LogP contribution in [0.4, 0.5) is 0 Å². The first-order chi connectivity index (χ1) is 10.0. The van der Waals surface area contributed by atoms with Gasteiger partial charge in [-0.25, -0.2) is 13.1 Å². The average molecular weight is 329 g/mol. The van der Waals surface area contributed by atoms with E-state index in [9.17, 15) is 8.42 Å². The van der Waals surface area contributed by atoms with Crippen molar-refractivity contribution in [3.05, 3.63) is 23.8 Å². The van der Waals surface area contributed by atoms with E-state index in [0.29, 0.717) is 17.2 Å². The second-order valence-electron chi connectivity index (χ2n) is 5.31. The van der Waals surface area contributed by atoms with Gasteiger partial charge in [0.05, 0.1) is 12.0 Å². The van der Waals surface area contributed by atoms with Crippen molar-refractivity contribution in [3.8, 4) is 5.75 Å². The Morgan fingerprint density at radius 2 is 2.05 bits per heavy atom. The van der Waals surface area contributed by atoms with Gasteiger partial charge < -0.3 is 4.74 Å². The van der Waals surface area contributed by atoms with Gasteiger partial charge >= 0.3 is 0 Å². The predicted molar refractivity (Wildman–Crippen MR) is 87.6 cm³/mol. The largest absolute Gasteiger partial charge is 0.496 e. The second kappa shape index (κ2) is 7.51. The summed E-state index contributed by atoms with van der Waals surface area (Å²) in [5.41, 5.74) is 0.820. The molecule has 6 heteroatoms. The first-order valence-electron chi connectivity index (χ1n) is 7.29. The van der Waals surface area contributed by atoms with E-state index in [-0.39, 0.29) is 0 Å². The van der Waals surface area contributed by atoms with Gasteiger partial charge in [-0.05, 0) is 43.5 Å². The maximum Gasteiger partial charge on any atom is 0.240 e. The van der Waals surface area contributed by atoms with Crippen LogP contribution in [0.3, 0.4) is 0 Å². The number of aryl methyl sites for hydroxylation is 1. The van der Waals surface area contributed by atoms with Crippen LogP contribution < -0.4 is 9.46 Å². The quantitative estimate of drug-likeness (QED) is 0.782. The van der Waals surface area contributed by atoms with Crippen molar-refractivity contribution in [2.45, 2.75) is 42.8 Å². The van der Waals surface area contributed by atoms with Gasteiger partial charge in [0.2, 0.25) is 10.0 Å². The van der Waals surface area contributed by atoms with Crippen molar-refractivity contribution < 1.29 is 13.2 Å². The van der Waals surface area contributed by atoms with Crippen LogP contribution in [0.25, 0.3) is 0 Å². The highest BCUT2D eigenvalue weighted by atomic mass is 32.2. The topological polar surface area (TPSA) is 55.4 Å². The van der Waals surface area contributed by atoms with E-state index in [1.54, 1.807) is 25.3 Å². The number of ether oxygens (including phenoxy) is 1. The van der Waals surface area contributed by atoms with Crippen LogP contribution in [0.15, 0.2) is 23.1 Å². The highest BCUT2D eigenvalue weighted by Crippen LogP contribution is 2.29. The third kappa shape index (κ3) is 4.63. The standard InChI is InChI=1S/C15H23NO3S2/c1-12-11-14(7-8-15(12)19-2)21(17,18)16-9-10-20-13-5-3-4-6-13/h7-8,11,13,16H,3-6,9-10H2,1-2H3. The van der Waals surface area contributed by atoms with Gasteiger partial charge in [0.25, 0.3) is 0 Å². The van der Waals surface area contributed by atoms with Crippen molar-refractivity contribution in [3.63, 3.8) is 0 Å². The van der Waals surface area contributed by atoms with E-state index in [4.69, 9.17) is 4.74 Å². The molecule has 1 saturated carbocycles. The highest BCUT2D eigenvalue weighted by molar-refractivity contribution is 8.00. The molecule has 0 bridgehead atoms. The van der Waals surface area contributed by atoms with Crippen molar-refractivity contribution in [2.75, 3.05) is 19.4 Å². The molecule has 21 heavy (non-hydrogen) atoms. The molecule has 0 heterocycles. The van der Waals surface area contributed by atoms with Crippen molar-refractivity contribution in [2.24, 2.45) is 0 Å². The molecule has 1 aromatic rings. The number of nitrogens with one attached hydrogen (secondary N) is 1. The van der Waals surface area contributed by atoms with E-state index in [1.807, 2.05) is 18.7 Å². The summed E-state index contributed by atoms with van der Waals surface area (Å²) < 4.78 is 32.3. The molecule has 1 fully saturated rings. The average Bonchev–Trinajstić information content (AvgIpc) is 2.97. The number of hydrogen-bond donors (Lipinski definition) is 1. The monoisotopic (exact) mass is 329 g/mol. The van der Waals surface area contributed by atoms with E-state index in [1.165, 1.54) is 25.7 Å². The maximum absolute atomic E-state index is 12.2. The molecule has 0 saturated heterocycles. The number of thioether (sulfide) groups is 1. The third-order valence-corrected chi connectivity index (χ3v) is 6.57. The summed E-state index contributed by atoms with van der Waals surface area (Å²) in [6.45, 7) is 2.32. The van der Waals surface area contributed by atoms with Crippen LogP contribution in [0.1, 0.15) is 31.2 Å². The summed E-state index contributed by atoms with van der Waals surface area (Å²) in [6.07, 6.45) is 5.17. The smallest absolute Gasteiger partial charge is 0.240 e. The lowest BCUT2D eigenvalue weighted by atomic mass is 10.2. The number of hydrogen-bond acceptors (Lipinski definition) is 4. The predicted octanol–water partition coefficient (Wildman–Crippen LogP) is 2.96. The minimum atomic E-state index is -3.42. The normalized spacial score (nSPS) is 16.3. The van der Waals surface area contributed by atoms with Gasteiger partial charge in [-0.15, -0.1) is 0 Å². The fourth-order valence-corrected chi connectivity index (χ4v) is 5.02. The lowest BCUT2D eigenvalue weighted by Crippen LogP contribution is -2.26. The minimum Gasteiger partial charge on any atom is -0.496 e. The number of benzene rings is 1. The van der Waals surface area contributed by atoms with E-state index < -0.39 is 10.0 Å². The fourth-order valence-electron chi connectivity index (χ4n) is 2.56. The van der Waals surface area contributed by atoms with Crippen LogP contribution in [-0.2, 0) is 10.0 Å². The van der Waals surface area contributed by atoms with Crippen LogP contribution in [-0.4, -0.2) is 33.1 Å². The van der Waals surface area contributed by atoms with Gasteiger partial charge in [0, 0.05) is 17.5 Å². The summed E-state index contributed by atoms with van der Waals surface area (Å²) in [4.78, 5) is 0.298. The fraction of sp³-hybridized carbons (Fsp3) is 0.600. The van der Waals surface area contributed by atoms with Crippen LogP contribution in [0.2, 0.25) is 0 Å².